The van der Waals surface area contributed by atoms with Crippen LogP contribution in [0.1, 0.15) is 5.56 Å². The van der Waals surface area contributed by atoms with Gasteiger partial charge in [-0.15, -0.1) is 0 Å². The summed E-state index contributed by atoms with van der Waals surface area (Å²) in [5.74, 6) is 2.53. The lowest BCUT2D eigenvalue weighted by Crippen LogP contribution is -2.06. The average molecular weight is 290 g/mol. The minimum Gasteiger partial charge on any atom is -0.454 e. The van der Waals surface area contributed by atoms with Gasteiger partial charge >= 0.3 is 0 Å². The lowest BCUT2D eigenvalue weighted by Gasteiger charge is -2.03. The van der Waals surface area contributed by atoms with Crippen molar-refractivity contribution in [2.45, 2.75) is 6.42 Å². The number of thioether (sulfide) groups is 1. The maximum absolute atomic E-state index is 10.5. The zero-order valence-corrected chi connectivity index (χ0v) is 11.3. The molecule has 1 heterocycles. The largest absolute Gasteiger partial charge is 0.454 e. The van der Waals surface area contributed by atoms with Crippen LogP contribution in [0.15, 0.2) is 18.2 Å². The van der Waals surface area contributed by atoms with Crippen molar-refractivity contribution in [1.29, 1.82) is 0 Å². The number of rotatable bonds is 6. The van der Waals surface area contributed by atoms with Crippen molar-refractivity contribution in [1.82, 2.24) is 0 Å². The van der Waals surface area contributed by atoms with E-state index >= 15 is 0 Å². The van der Waals surface area contributed by atoms with Crippen LogP contribution in [-0.4, -0.2) is 37.0 Å². The van der Waals surface area contributed by atoms with E-state index in [4.69, 9.17) is 14.0 Å². The molecule has 0 radical (unpaired) electrons. The number of benzene rings is 1. The Morgan fingerprint density at radius 3 is 2.78 bits per heavy atom. The molecule has 18 heavy (non-hydrogen) atoms. The Morgan fingerprint density at radius 2 is 2.00 bits per heavy atom. The molecule has 0 amide bonds. The van der Waals surface area contributed by atoms with Gasteiger partial charge in [0.15, 0.2) is 11.5 Å². The van der Waals surface area contributed by atoms with Gasteiger partial charge in [0.05, 0.1) is 5.75 Å². The second-order valence-corrected chi connectivity index (χ2v) is 6.63. The summed E-state index contributed by atoms with van der Waals surface area (Å²) in [6.45, 7) is 0.266. The van der Waals surface area contributed by atoms with Crippen molar-refractivity contribution < 1.29 is 22.4 Å². The maximum atomic E-state index is 10.5. The van der Waals surface area contributed by atoms with Crippen molar-refractivity contribution in [3.8, 4) is 11.5 Å². The molecular formula is C11H14O5S2. The van der Waals surface area contributed by atoms with Crippen LogP contribution in [0.3, 0.4) is 0 Å². The zero-order valence-electron chi connectivity index (χ0n) is 9.66. The normalized spacial score (nSPS) is 13.8. The van der Waals surface area contributed by atoms with Crippen molar-refractivity contribution >= 4 is 21.9 Å². The van der Waals surface area contributed by atoms with E-state index in [2.05, 4.69) is 0 Å². The molecule has 1 aromatic carbocycles. The van der Waals surface area contributed by atoms with Gasteiger partial charge in [-0.05, 0) is 29.9 Å². The first-order valence-electron chi connectivity index (χ1n) is 5.46. The lowest BCUT2D eigenvalue weighted by molar-refractivity contribution is 0.174. The van der Waals surface area contributed by atoms with Crippen molar-refractivity contribution in [2.24, 2.45) is 0 Å². The molecule has 2 rings (SSSR count). The van der Waals surface area contributed by atoms with E-state index in [9.17, 15) is 8.42 Å². The topological polar surface area (TPSA) is 72.8 Å². The van der Waals surface area contributed by atoms with Crippen molar-refractivity contribution in [3.05, 3.63) is 23.8 Å². The molecule has 0 saturated heterocycles. The van der Waals surface area contributed by atoms with E-state index in [-0.39, 0.29) is 12.5 Å². The van der Waals surface area contributed by atoms with E-state index < -0.39 is 10.1 Å². The molecule has 1 aromatic rings. The summed E-state index contributed by atoms with van der Waals surface area (Å²) in [4.78, 5) is 0. The van der Waals surface area contributed by atoms with Gasteiger partial charge in [0, 0.05) is 5.75 Å². The van der Waals surface area contributed by atoms with Gasteiger partial charge in [-0.1, -0.05) is 6.07 Å². The van der Waals surface area contributed by atoms with Crippen LogP contribution in [0, 0.1) is 0 Å². The van der Waals surface area contributed by atoms with Crippen molar-refractivity contribution in [2.75, 3.05) is 24.1 Å². The summed E-state index contributed by atoms with van der Waals surface area (Å²) in [5.41, 5.74) is 1.12. The first-order chi connectivity index (χ1) is 8.54. The van der Waals surface area contributed by atoms with Gasteiger partial charge in [0.2, 0.25) is 6.79 Å². The second-order valence-electron chi connectivity index (χ2n) is 3.84. The lowest BCUT2D eigenvalue weighted by atomic mass is 10.1. The fourth-order valence-electron chi connectivity index (χ4n) is 1.55. The highest BCUT2D eigenvalue weighted by atomic mass is 32.2. The predicted octanol–water partition coefficient (Wildman–Crippen LogP) is 1.58. The smallest absolute Gasteiger partial charge is 0.265 e. The van der Waals surface area contributed by atoms with Crippen LogP contribution in [0.5, 0.6) is 11.5 Å². The van der Waals surface area contributed by atoms with Gasteiger partial charge < -0.3 is 9.47 Å². The van der Waals surface area contributed by atoms with Gasteiger partial charge in [0.1, 0.15) is 0 Å². The third kappa shape index (κ3) is 4.08. The molecule has 7 heteroatoms. The maximum Gasteiger partial charge on any atom is 0.265 e. The van der Waals surface area contributed by atoms with Crippen LogP contribution in [0.2, 0.25) is 0 Å². The Morgan fingerprint density at radius 1 is 1.22 bits per heavy atom. The molecule has 0 unspecified atom stereocenters. The Kier molecular flexibility index (Phi) is 4.36. The molecule has 0 fully saturated rings. The van der Waals surface area contributed by atoms with E-state index in [1.165, 1.54) is 11.8 Å². The van der Waals surface area contributed by atoms with Crippen LogP contribution in [0.25, 0.3) is 0 Å². The number of ether oxygens (including phenoxy) is 2. The van der Waals surface area contributed by atoms with Gasteiger partial charge in [-0.25, -0.2) is 0 Å². The first-order valence-corrected chi connectivity index (χ1v) is 8.22. The molecule has 100 valence electrons. The van der Waals surface area contributed by atoms with E-state index in [1.807, 2.05) is 18.2 Å². The molecule has 0 aliphatic carbocycles. The molecule has 1 N–H and O–H groups in total. The molecular weight excluding hydrogens is 276 g/mol. The standard InChI is InChI=1S/C11H14O5S2/c12-18(13,14)6-5-17-4-3-9-1-2-10-11(7-9)16-8-15-10/h1-2,7H,3-6,8H2,(H,12,13,14). The summed E-state index contributed by atoms with van der Waals surface area (Å²) in [6, 6.07) is 5.78. The van der Waals surface area contributed by atoms with Crippen molar-refractivity contribution in [3.63, 3.8) is 0 Å². The Hall–Kier alpha value is -0.920. The third-order valence-corrected chi connectivity index (χ3v) is 4.42. The van der Waals surface area contributed by atoms with E-state index in [0.717, 1.165) is 29.2 Å². The quantitative estimate of drug-likeness (QED) is 0.633. The minimum absolute atomic E-state index is 0.196. The third-order valence-electron chi connectivity index (χ3n) is 2.46. The molecule has 0 aromatic heterocycles. The summed E-state index contributed by atoms with van der Waals surface area (Å²) >= 11 is 1.50. The second kappa shape index (κ2) is 5.81. The molecule has 1 aliphatic rings. The molecule has 0 saturated carbocycles. The SMILES string of the molecule is O=S(=O)(O)CCSCCc1ccc2c(c1)OCO2. The van der Waals surface area contributed by atoms with Crippen LogP contribution >= 0.6 is 11.8 Å². The number of fused-ring (bicyclic) bond motifs is 1. The highest BCUT2D eigenvalue weighted by molar-refractivity contribution is 8.00. The predicted molar refractivity (Wildman–Crippen MR) is 70.0 cm³/mol. The molecule has 5 nitrogen and oxygen atoms in total. The van der Waals surface area contributed by atoms with Crippen LogP contribution in [-0.2, 0) is 16.5 Å². The number of hydrogen-bond acceptors (Lipinski definition) is 5. The summed E-state index contributed by atoms with van der Waals surface area (Å²) in [5, 5.41) is 0. The van der Waals surface area contributed by atoms with Gasteiger partial charge in [-0.2, -0.15) is 20.2 Å². The van der Waals surface area contributed by atoms with Gasteiger partial charge in [0.25, 0.3) is 10.1 Å². The molecule has 0 bridgehead atoms. The monoisotopic (exact) mass is 290 g/mol. The minimum atomic E-state index is -3.83. The van der Waals surface area contributed by atoms with Gasteiger partial charge in [-0.3, -0.25) is 4.55 Å². The molecule has 0 atom stereocenters. The summed E-state index contributed by atoms with van der Waals surface area (Å²) in [6.07, 6.45) is 0.826. The highest BCUT2D eigenvalue weighted by Gasteiger charge is 2.12. The molecule has 0 spiro atoms. The first kappa shape index (κ1) is 13.5. The highest BCUT2D eigenvalue weighted by Crippen LogP contribution is 2.32. The molecule has 1 aliphatic heterocycles. The van der Waals surface area contributed by atoms with Crippen LogP contribution < -0.4 is 9.47 Å². The zero-order chi connectivity index (χ0) is 13.0. The Bertz CT molecular complexity index is 512. The van der Waals surface area contributed by atoms with Crippen LogP contribution in [0.4, 0.5) is 0 Å². The van der Waals surface area contributed by atoms with E-state index in [1.54, 1.807) is 0 Å². The summed E-state index contributed by atoms with van der Waals surface area (Å²) in [7, 11) is -3.83. The number of aryl methyl sites for hydroxylation is 1. The number of hydrogen-bond donors (Lipinski definition) is 1. The average Bonchev–Trinajstić information content (AvgIpc) is 2.74. The van der Waals surface area contributed by atoms with E-state index in [0.29, 0.717) is 5.75 Å². The Balaban J connectivity index is 1.74. The fourth-order valence-corrected chi connectivity index (χ4v) is 3.45. The summed E-state index contributed by atoms with van der Waals surface area (Å²) < 4.78 is 40.1. The fraction of sp³-hybridized carbons (Fsp3) is 0.455. The Labute approximate surface area is 110 Å².